The molecule has 1 heterocycles. The first-order chi connectivity index (χ1) is 10.1. The molecule has 8 heteroatoms. The topological polar surface area (TPSA) is 110 Å². The van der Waals surface area contributed by atoms with Crippen LogP contribution in [0.1, 0.15) is 16.8 Å². The van der Waals surface area contributed by atoms with E-state index in [9.17, 15) is 20.0 Å². The molecule has 0 unspecified atom stereocenters. The number of para-hydroxylation sites is 1. The fraction of sp³-hybridized carbons (Fsp3) is 0.231. The second-order valence-corrected chi connectivity index (χ2v) is 4.31. The Morgan fingerprint density at radius 1 is 1.43 bits per heavy atom. The third-order valence-electron chi connectivity index (χ3n) is 2.86. The van der Waals surface area contributed by atoms with Crippen LogP contribution in [-0.2, 0) is 6.54 Å². The van der Waals surface area contributed by atoms with Gasteiger partial charge in [-0.3, -0.25) is 19.6 Å². The van der Waals surface area contributed by atoms with Gasteiger partial charge in [-0.2, -0.15) is 5.10 Å². The van der Waals surface area contributed by atoms with Gasteiger partial charge in [-0.15, -0.1) is 0 Å². The van der Waals surface area contributed by atoms with Crippen LogP contribution in [0.5, 0.6) is 5.75 Å². The maximum atomic E-state index is 11.9. The highest BCUT2D eigenvalue weighted by Gasteiger charge is 2.20. The normalized spacial score (nSPS) is 10.3. The molecule has 0 aliphatic heterocycles. The van der Waals surface area contributed by atoms with Crippen molar-refractivity contribution in [1.29, 1.82) is 0 Å². The van der Waals surface area contributed by atoms with Gasteiger partial charge >= 0.3 is 5.69 Å². The molecule has 0 radical (unpaired) electrons. The van der Waals surface area contributed by atoms with Crippen molar-refractivity contribution >= 4 is 11.6 Å². The van der Waals surface area contributed by atoms with Crippen molar-refractivity contribution in [3.05, 3.63) is 52.3 Å². The molecule has 1 aromatic carbocycles. The number of carbonyl (C=O) groups excluding carboxylic acids is 1. The Bertz CT molecular complexity index is 640. The molecule has 0 saturated carbocycles. The van der Waals surface area contributed by atoms with Gasteiger partial charge in [-0.25, -0.2) is 0 Å². The van der Waals surface area contributed by atoms with Crippen LogP contribution in [0, 0.1) is 10.1 Å². The molecule has 110 valence electrons. The number of nitro benzene ring substituents is 1. The number of aromatic hydroxyl groups is 1. The minimum Gasteiger partial charge on any atom is -0.502 e. The van der Waals surface area contributed by atoms with Gasteiger partial charge in [-0.05, 0) is 18.6 Å². The van der Waals surface area contributed by atoms with E-state index in [1.807, 2.05) is 6.20 Å². The second kappa shape index (κ2) is 6.51. The number of phenols is 1. The van der Waals surface area contributed by atoms with Gasteiger partial charge in [0.25, 0.3) is 5.91 Å². The van der Waals surface area contributed by atoms with Crippen molar-refractivity contribution < 1.29 is 14.8 Å². The summed E-state index contributed by atoms with van der Waals surface area (Å²) in [7, 11) is 0. The summed E-state index contributed by atoms with van der Waals surface area (Å²) >= 11 is 0. The molecule has 0 spiro atoms. The Morgan fingerprint density at radius 2 is 2.24 bits per heavy atom. The maximum Gasteiger partial charge on any atom is 0.311 e. The van der Waals surface area contributed by atoms with Gasteiger partial charge in [0.2, 0.25) is 5.75 Å². The van der Waals surface area contributed by atoms with E-state index in [0.717, 1.165) is 6.07 Å². The number of nitrogens with one attached hydrogen (secondary N) is 1. The van der Waals surface area contributed by atoms with Crippen molar-refractivity contribution in [2.75, 3.05) is 6.54 Å². The van der Waals surface area contributed by atoms with E-state index in [-0.39, 0.29) is 5.56 Å². The lowest BCUT2D eigenvalue weighted by Crippen LogP contribution is -2.25. The summed E-state index contributed by atoms with van der Waals surface area (Å²) in [5.41, 5.74) is -0.595. The van der Waals surface area contributed by atoms with E-state index in [1.165, 1.54) is 12.1 Å². The van der Waals surface area contributed by atoms with Crippen LogP contribution in [0.4, 0.5) is 5.69 Å². The quantitative estimate of drug-likeness (QED) is 0.473. The van der Waals surface area contributed by atoms with Crippen molar-refractivity contribution in [3.8, 4) is 5.75 Å². The van der Waals surface area contributed by atoms with E-state index < -0.39 is 22.3 Å². The second-order valence-electron chi connectivity index (χ2n) is 4.31. The highest BCUT2D eigenvalue weighted by molar-refractivity contribution is 5.98. The summed E-state index contributed by atoms with van der Waals surface area (Å²) in [6.07, 6.45) is 4.14. The lowest BCUT2D eigenvalue weighted by atomic mass is 10.1. The van der Waals surface area contributed by atoms with Crippen molar-refractivity contribution in [2.45, 2.75) is 13.0 Å². The van der Waals surface area contributed by atoms with Crippen LogP contribution in [-0.4, -0.2) is 32.3 Å². The number of nitro groups is 1. The lowest BCUT2D eigenvalue weighted by molar-refractivity contribution is -0.385. The standard InChI is InChI=1S/C13H14N4O4/c18-12-10(4-1-5-11(12)17(20)21)13(19)14-6-2-8-16-9-3-7-15-16/h1,3-5,7,9,18H,2,6,8H2,(H,14,19). The molecule has 0 aliphatic rings. The number of benzene rings is 1. The average molecular weight is 290 g/mol. The molecule has 0 fully saturated rings. The number of nitrogens with zero attached hydrogens (tertiary/aromatic N) is 3. The maximum absolute atomic E-state index is 11.9. The van der Waals surface area contributed by atoms with Crippen LogP contribution >= 0.6 is 0 Å². The predicted octanol–water partition coefficient (Wildman–Crippen LogP) is 1.32. The van der Waals surface area contributed by atoms with Crippen LogP contribution < -0.4 is 5.32 Å². The summed E-state index contributed by atoms with van der Waals surface area (Å²) < 4.78 is 1.73. The first kappa shape index (κ1) is 14.5. The van der Waals surface area contributed by atoms with E-state index in [4.69, 9.17) is 0 Å². The van der Waals surface area contributed by atoms with Crippen molar-refractivity contribution in [1.82, 2.24) is 15.1 Å². The minimum absolute atomic E-state index is 0.108. The van der Waals surface area contributed by atoms with Gasteiger partial charge in [0.1, 0.15) is 0 Å². The number of carbonyl (C=O) groups is 1. The number of rotatable bonds is 6. The van der Waals surface area contributed by atoms with Gasteiger partial charge in [0.15, 0.2) is 0 Å². The zero-order valence-electron chi connectivity index (χ0n) is 11.1. The molecule has 0 atom stereocenters. The SMILES string of the molecule is O=C(NCCCn1cccn1)c1cccc([N+](=O)[O-])c1O. The summed E-state index contributed by atoms with van der Waals surface area (Å²) in [6, 6.07) is 5.64. The molecular formula is C13H14N4O4. The molecule has 21 heavy (non-hydrogen) atoms. The highest BCUT2D eigenvalue weighted by atomic mass is 16.6. The van der Waals surface area contributed by atoms with E-state index in [2.05, 4.69) is 10.4 Å². The Balaban J connectivity index is 1.91. The van der Waals surface area contributed by atoms with E-state index in [1.54, 1.807) is 16.9 Å². The van der Waals surface area contributed by atoms with E-state index in [0.29, 0.717) is 19.5 Å². The first-order valence-corrected chi connectivity index (χ1v) is 6.31. The molecule has 8 nitrogen and oxygen atoms in total. The number of phenolic OH excluding ortho intramolecular Hbond substituents is 1. The Hall–Kier alpha value is -2.90. The van der Waals surface area contributed by atoms with Crippen molar-refractivity contribution in [3.63, 3.8) is 0 Å². The highest BCUT2D eigenvalue weighted by Crippen LogP contribution is 2.28. The number of amides is 1. The molecule has 2 rings (SSSR count). The average Bonchev–Trinajstić information content (AvgIpc) is 2.96. The number of aryl methyl sites for hydroxylation is 1. The van der Waals surface area contributed by atoms with Gasteiger partial charge < -0.3 is 10.4 Å². The number of hydrogen-bond donors (Lipinski definition) is 2. The fourth-order valence-corrected chi connectivity index (χ4v) is 1.83. The summed E-state index contributed by atoms with van der Waals surface area (Å²) in [5, 5.41) is 27.0. The third kappa shape index (κ3) is 3.56. The Morgan fingerprint density at radius 3 is 2.90 bits per heavy atom. The monoisotopic (exact) mass is 290 g/mol. The minimum atomic E-state index is -0.732. The lowest BCUT2D eigenvalue weighted by Gasteiger charge is -2.07. The zero-order valence-corrected chi connectivity index (χ0v) is 11.1. The number of aromatic nitrogens is 2. The van der Waals surface area contributed by atoms with Crippen LogP contribution in [0.25, 0.3) is 0 Å². The molecule has 1 amide bonds. The fourth-order valence-electron chi connectivity index (χ4n) is 1.83. The van der Waals surface area contributed by atoms with Crippen LogP contribution in [0.3, 0.4) is 0 Å². The largest absolute Gasteiger partial charge is 0.502 e. The Labute approximate surface area is 120 Å². The first-order valence-electron chi connectivity index (χ1n) is 6.31. The van der Waals surface area contributed by atoms with Gasteiger partial charge in [-0.1, -0.05) is 6.07 Å². The summed E-state index contributed by atoms with van der Waals surface area (Å²) in [6.45, 7) is 1.02. The smallest absolute Gasteiger partial charge is 0.311 e. The van der Waals surface area contributed by atoms with Crippen LogP contribution in [0.15, 0.2) is 36.7 Å². The van der Waals surface area contributed by atoms with Gasteiger partial charge in [0, 0.05) is 31.5 Å². The van der Waals surface area contributed by atoms with E-state index >= 15 is 0 Å². The molecule has 2 N–H and O–H groups in total. The molecule has 2 aromatic rings. The van der Waals surface area contributed by atoms with Gasteiger partial charge in [0.05, 0.1) is 10.5 Å². The Kier molecular flexibility index (Phi) is 4.50. The zero-order chi connectivity index (χ0) is 15.2. The summed E-state index contributed by atoms with van der Waals surface area (Å²) in [4.78, 5) is 21.8. The summed E-state index contributed by atoms with van der Waals surface area (Å²) in [5.74, 6) is -1.16. The van der Waals surface area contributed by atoms with Crippen molar-refractivity contribution in [2.24, 2.45) is 0 Å². The predicted molar refractivity (Wildman–Crippen MR) is 73.9 cm³/mol. The molecule has 0 bridgehead atoms. The third-order valence-corrected chi connectivity index (χ3v) is 2.86. The molecule has 1 aromatic heterocycles. The molecule has 0 saturated heterocycles. The number of hydrogen-bond acceptors (Lipinski definition) is 5. The molecular weight excluding hydrogens is 276 g/mol. The van der Waals surface area contributed by atoms with Crippen LogP contribution in [0.2, 0.25) is 0 Å². The molecule has 0 aliphatic carbocycles.